The van der Waals surface area contributed by atoms with Crippen LogP contribution in [-0.2, 0) is 0 Å². The third-order valence-corrected chi connectivity index (χ3v) is 0. The van der Waals surface area contributed by atoms with Crippen LogP contribution in [-0.4, -0.2) is 7.05 Å². The van der Waals surface area contributed by atoms with E-state index in [4.69, 9.17) is 0 Å². The second-order valence-corrected chi connectivity index (χ2v) is 0.354. The summed E-state index contributed by atoms with van der Waals surface area (Å²) in [6, 6.07) is 0. The fraction of sp³-hybridized carbons (Fsp3) is 0.333. The zero-order valence-electron chi connectivity index (χ0n) is 4.21. The van der Waals surface area contributed by atoms with Crippen LogP contribution in [0.3, 0.4) is 0 Å². The van der Waals surface area contributed by atoms with Crippen LogP contribution in [0.2, 0.25) is 0 Å². The van der Waals surface area contributed by atoms with E-state index in [1.54, 1.807) is 7.05 Å². The molecule has 0 atom stereocenters. The van der Waals surface area contributed by atoms with E-state index in [9.17, 15) is 0 Å². The zero-order chi connectivity index (χ0) is 2.71. The van der Waals surface area contributed by atoms with E-state index in [2.05, 4.69) is 12.4 Å². The van der Waals surface area contributed by atoms with Crippen molar-refractivity contribution in [2.75, 3.05) is 7.05 Å². The summed E-state index contributed by atoms with van der Waals surface area (Å²) in [7, 11) is 5.00. The fourth-order valence-corrected chi connectivity index (χ4v) is 0. The van der Waals surface area contributed by atoms with Crippen molar-refractivity contribution in [3.8, 4) is 0 Å². The van der Waals surface area contributed by atoms with E-state index in [1.165, 1.54) is 0 Å². The minimum atomic E-state index is 0. The predicted octanol–water partition coefficient (Wildman–Crippen LogP) is -2.55. The Kier molecular flexibility index (Phi) is 56.0. The van der Waals surface area contributed by atoms with Gasteiger partial charge in [-0.15, -0.1) is 0 Å². The number of hydrogen-bond donors (Lipinski definition) is 1. The van der Waals surface area contributed by atoms with Crippen molar-refractivity contribution < 1.29 is 51.4 Å². The third-order valence-electron chi connectivity index (χ3n) is 0. The molecular formula is C3H9KN-. The van der Waals surface area contributed by atoms with E-state index < -0.39 is 0 Å². The van der Waals surface area contributed by atoms with Gasteiger partial charge in [0.2, 0.25) is 0 Å². The van der Waals surface area contributed by atoms with Gasteiger partial charge in [0.05, 0.1) is 0 Å². The number of nitrogens with one attached hydrogen (secondary N) is 1. The minimum Gasteiger partial charge on any atom is -0.475 e. The van der Waals surface area contributed by atoms with Crippen molar-refractivity contribution in [1.29, 1.82) is 0 Å². The van der Waals surface area contributed by atoms with Gasteiger partial charge in [-0.2, -0.15) is 0 Å². The maximum atomic E-state index is 3.24. The van der Waals surface area contributed by atoms with E-state index >= 15 is 0 Å². The summed E-state index contributed by atoms with van der Waals surface area (Å²) in [6.07, 6.45) is 0. The summed E-state index contributed by atoms with van der Waals surface area (Å²) in [6.45, 7) is 0. The molecule has 0 aromatic rings. The molecule has 0 aliphatic rings. The molecule has 1 nitrogen and oxygen atoms in total. The fourth-order valence-electron chi connectivity index (χ4n) is 0. The Morgan fingerprint density at radius 1 is 1.60 bits per heavy atom. The Labute approximate surface area is 76.9 Å². The van der Waals surface area contributed by atoms with Crippen molar-refractivity contribution in [3.05, 3.63) is 14.5 Å². The maximum Gasteiger partial charge on any atom is 1.00 e. The third kappa shape index (κ3) is 28.4. The van der Waals surface area contributed by atoms with Crippen LogP contribution in [0, 0.1) is 14.5 Å². The molecule has 0 unspecified atom stereocenters. The Bertz CT molecular complexity index is 6.85. The summed E-state index contributed by atoms with van der Waals surface area (Å²) < 4.78 is 0. The first-order valence-corrected chi connectivity index (χ1v) is 0.854. The molecule has 0 aliphatic carbocycles. The van der Waals surface area contributed by atoms with Gasteiger partial charge in [0.25, 0.3) is 0 Å². The molecule has 1 N–H and O–H groups in total. The normalized spacial score (nSPS) is 3.60. The number of rotatable bonds is 0. The van der Waals surface area contributed by atoms with Gasteiger partial charge in [0.1, 0.15) is 0 Å². The predicted molar refractivity (Wildman–Crippen MR) is 20.8 cm³/mol. The molecular weight excluding hydrogens is 89.1 g/mol. The molecule has 0 spiro atoms. The molecule has 2 heteroatoms. The Hall–Kier alpha value is 1.60. The van der Waals surface area contributed by atoms with Crippen LogP contribution in [0.5, 0.6) is 0 Å². The second kappa shape index (κ2) is 17.5. The average Bonchev–Trinajstić information content (AvgIpc) is 0.918. The summed E-state index contributed by atoms with van der Waals surface area (Å²) in [5.41, 5.74) is 0. The Morgan fingerprint density at radius 2 is 1.60 bits per heavy atom. The first kappa shape index (κ1) is 16.0. The molecule has 0 saturated heterocycles. The standard InChI is InChI=1S/C2H6N.CH3.K/c1-3-2;;/h3H,1H2,2H3;1H3;/q2*-1;+1. The van der Waals surface area contributed by atoms with E-state index in [0.717, 1.165) is 0 Å². The molecule has 0 aromatic heterocycles. The quantitative estimate of drug-likeness (QED) is 0.260. The Balaban J connectivity index is -0.0000000200. The average molecular weight is 98.2 g/mol. The van der Waals surface area contributed by atoms with E-state index in [0.29, 0.717) is 0 Å². The topological polar surface area (TPSA) is 12.0 Å². The molecule has 0 saturated carbocycles. The molecule has 0 aromatic carbocycles. The molecule has 0 heterocycles. The van der Waals surface area contributed by atoms with Crippen LogP contribution in [0.4, 0.5) is 0 Å². The van der Waals surface area contributed by atoms with Gasteiger partial charge in [0.15, 0.2) is 0 Å². The van der Waals surface area contributed by atoms with Gasteiger partial charge in [-0.1, -0.05) is 0 Å². The van der Waals surface area contributed by atoms with Crippen molar-refractivity contribution >= 4 is 0 Å². The second-order valence-electron chi connectivity index (χ2n) is 0.354. The minimum absolute atomic E-state index is 0. The van der Waals surface area contributed by atoms with Crippen molar-refractivity contribution in [1.82, 2.24) is 5.32 Å². The molecule has 0 bridgehead atoms. The van der Waals surface area contributed by atoms with Gasteiger partial charge >= 0.3 is 51.4 Å². The first-order chi connectivity index (χ1) is 1.41. The summed E-state index contributed by atoms with van der Waals surface area (Å²) in [4.78, 5) is 0. The van der Waals surface area contributed by atoms with Crippen LogP contribution in [0.15, 0.2) is 0 Å². The molecule has 0 aliphatic heterocycles. The number of hydrogen-bond acceptors (Lipinski definition) is 1. The van der Waals surface area contributed by atoms with Crippen LogP contribution in [0.1, 0.15) is 0 Å². The maximum absolute atomic E-state index is 3.24. The molecule has 0 amide bonds. The van der Waals surface area contributed by atoms with E-state index in [-0.39, 0.29) is 58.8 Å². The summed E-state index contributed by atoms with van der Waals surface area (Å²) >= 11 is 0. The monoisotopic (exact) mass is 98.0 g/mol. The van der Waals surface area contributed by atoms with Gasteiger partial charge in [-0.25, -0.2) is 0 Å². The van der Waals surface area contributed by atoms with Crippen LogP contribution < -0.4 is 56.7 Å². The summed E-state index contributed by atoms with van der Waals surface area (Å²) in [5, 5.41) is 2.50. The smallest absolute Gasteiger partial charge is 0.475 e. The largest absolute Gasteiger partial charge is 1.00 e. The van der Waals surface area contributed by atoms with Gasteiger partial charge < -0.3 is 12.7 Å². The van der Waals surface area contributed by atoms with Gasteiger partial charge in [-0.05, 0) is 7.05 Å². The SMILES string of the molecule is [CH2-]NC.[CH3-].[K+]. The molecule has 0 radical (unpaired) electrons. The van der Waals surface area contributed by atoms with Crippen molar-refractivity contribution in [2.45, 2.75) is 0 Å². The zero-order valence-corrected chi connectivity index (χ0v) is 7.33. The van der Waals surface area contributed by atoms with Crippen LogP contribution >= 0.6 is 0 Å². The summed E-state index contributed by atoms with van der Waals surface area (Å²) in [5.74, 6) is 0. The van der Waals surface area contributed by atoms with Gasteiger partial charge in [0, 0.05) is 0 Å². The molecule has 28 valence electrons. The molecule has 0 fully saturated rings. The molecule has 0 rings (SSSR count). The van der Waals surface area contributed by atoms with E-state index in [1.807, 2.05) is 0 Å². The van der Waals surface area contributed by atoms with Gasteiger partial charge in [-0.3, -0.25) is 7.05 Å². The van der Waals surface area contributed by atoms with Crippen LogP contribution in [0.25, 0.3) is 0 Å². The molecule has 5 heavy (non-hydrogen) atoms. The van der Waals surface area contributed by atoms with Crippen molar-refractivity contribution in [3.63, 3.8) is 0 Å². The Morgan fingerprint density at radius 3 is 1.60 bits per heavy atom. The first-order valence-electron chi connectivity index (χ1n) is 0.854. The van der Waals surface area contributed by atoms with Crippen molar-refractivity contribution in [2.24, 2.45) is 0 Å².